The largest absolute Gasteiger partial charge is 1.00 e. The minimum atomic E-state index is -1.51. The average molecular weight is 417 g/mol. The Morgan fingerprint density at radius 1 is 1.43 bits per heavy atom. The molecule has 1 aromatic rings. The number of β-lactam (4-membered cyclic amide) rings is 1. The van der Waals surface area contributed by atoms with Crippen molar-refractivity contribution >= 4 is 36.0 Å². The van der Waals surface area contributed by atoms with Gasteiger partial charge in [0.05, 0.1) is 17.7 Å². The van der Waals surface area contributed by atoms with Gasteiger partial charge in [0.1, 0.15) is 25.4 Å². The number of aromatic nitrogens is 4. The van der Waals surface area contributed by atoms with Crippen LogP contribution in [0.1, 0.15) is 0 Å². The third-order valence-electron chi connectivity index (χ3n) is 4.56. The predicted octanol–water partition coefficient (Wildman–Crippen LogP) is -7.33. The summed E-state index contributed by atoms with van der Waals surface area (Å²) in [6, 6.07) is -1.35. The molecule has 3 aliphatic rings. The number of hydrogen-bond donors (Lipinski definition) is 1. The zero-order valence-electron chi connectivity index (χ0n) is 14.5. The van der Waals surface area contributed by atoms with Crippen molar-refractivity contribution in [2.75, 3.05) is 12.5 Å². The van der Waals surface area contributed by atoms with Crippen LogP contribution in [0.4, 0.5) is 0 Å². The van der Waals surface area contributed by atoms with Gasteiger partial charge in [0.15, 0.2) is 0 Å². The molecule has 3 amide bonds. The minimum Gasteiger partial charge on any atom is -0.543 e. The van der Waals surface area contributed by atoms with E-state index in [1.54, 1.807) is 0 Å². The summed E-state index contributed by atoms with van der Waals surface area (Å²) in [6.07, 6.45) is -0.177. The maximum atomic E-state index is 12.3. The second-order valence-corrected chi connectivity index (χ2v) is 6.96. The molecule has 3 atom stereocenters. The van der Waals surface area contributed by atoms with Gasteiger partial charge in [-0.25, -0.2) is 4.68 Å². The molecule has 28 heavy (non-hydrogen) atoms. The van der Waals surface area contributed by atoms with E-state index in [0.29, 0.717) is 12.0 Å². The Morgan fingerprint density at radius 3 is 2.82 bits per heavy atom. The van der Waals surface area contributed by atoms with Crippen molar-refractivity contribution in [3.8, 4) is 0 Å². The average Bonchev–Trinajstić information content (AvgIpc) is 3.18. The van der Waals surface area contributed by atoms with E-state index in [1.165, 1.54) is 9.58 Å². The SMILES string of the molecule is NC(=O)Cn1nnnc1SCC1=C(C(=O)[O-])N2C(=O)[C@@H]3[C@H]2C1OCN3C=O.[Na+]. The number of nitrogens with two attached hydrogens (primary N) is 1. The van der Waals surface area contributed by atoms with E-state index in [1.807, 2.05) is 0 Å². The topological polar surface area (TPSA) is 177 Å². The van der Waals surface area contributed by atoms with E-state index in [-0.39, 0.29) is 59.4 Å². The monoisotopic (exact) mass is 417 g/mol. The summed E-state index contributed by atoms with van der Waals surface area (Å²) >= 11 is 1.07. The van der Waals surface area contributed by atoms with Crippen molar-refractivity contribution in [1.82, 2.24) is 30.0 Å². The smallest absolute Gasteiger partial charge is 0.543 e. The minimum absolute atomic E-state index is 0. The van der Waals surface area contributed by atoms with E-state index in [4.69, 9.17) is 10.5 Å². The van der Waals surface area contributed by atoms with Crippen LogP contribution < -0.4 is 40.4 Å². The summed E-state index contributed by atoms with van der Waals surface area (Å²) in [5.74, 6) is -2.55. The number of carbonyl (C=O) groups is 4. The molecule has 2 saturated heterocycles. The van der Waals surface area contributed by atoms with Crippen LogP contribution in [0.3, 0.4) is 0 Å². The summed E-state index contributed by atoms with van der Waals surface area (Å²) in [5, 5.41) is 22.8. The number of thioether (sulfide) groups is 1. The van der Waals surface area contributed by atoms with Crippen LogP contribution in [-0.2, 0) is 30.5 Å². The molecule has 13 nitrogen and oxygen atoms in total. The fourth-order valence-corrected chi connectivity index (χ4v) is 4.43. The molecule has 0 aromatic carbocycles. The van der Waals surface area contributed by atoms with Crippen molar-refractivity contribution < 1.29 is 58.6 Å². The zero-order valence-corrected chi connectivity index (χ0v) is 17.4. The number of hydrogen-bond acceptors (Lipinski definition) is 10. The van der Waals surface area contributed by atoms with Gasteiger partial charge in [0, 0.05) is 5.75 Å². The van der Waals surface area contributed by atoms with Crippen LogP contribution in [-0.4, -0.2) is 84.9 Å². The maximum absolute atomic E-state index is 12.3. The van der Waals surface area contributed by atoms with Gasteiger partial charge in [-0.15, -0.1) is 5.10 Å². The number of aliphatic carboxylic acids is 1. The first-order valence-electron chi connectivity index (χ1n) is 7.71. The molecule has 0 bridgehead atoms. The van der Waals surface area contributed by atoms with E-state index in [2.05, 4.69) is 15.5 Å². The van der Waals surface area contributed by atoms with Crippen LogP contribution in [0.15, 0.2) is 16.4 Å². The van der Waals surface area contributed by atoms with Gasteiger partial charge in [-0.1, -0.05) is 11.8 Å². The molecular weight excluding hydrogens is 405 g/mol. The molecule has 0 spiro atoms. The standard InChI is InChI=1S/C13H13N7O6S.Na/c14-6(22)1-19-13(15-16-17-19)27-2-5-7(12(24)25)20-8-9(11(20)23)18(3-21)4-26-10(5)8;/h3,8-10H,1-2,4H2,(H2,14,22)(H,24,25);/q;+1/p-1/t8-,9-,10?;/m0./s1. The van der Waals surface area contributed by atoms with Crippen molar-refractivity contribution in [2.45, 2.75) is 29.9 Å². The molecule has 0 saturated carbocycles. The molecule has 142 valence electrons. The Balaban J connectivity index is 0.00000225. The van der Waals surface area contributed by atoms with Gasteiger partial charge < -0.3 is 25.3 Å². The number of carboxylic acid groups (broad SMARTS) is 1. The summed E-state index contributed by atoms with van der Waals surface area (Å²) in [7, 11) is 0. The summed E-state index contributed by atoms with van der Waals surface area (Å²) in [5.41, 5.74) is 5.20. The Hall–Kier alpha value is -2.00. The fourth-order valence-electron chi connectivity index (χ4n) is 3.50. The quantitative estimate of drug-likeness (QED) is 0.194. The van der Waals surface area contributed by atoms with Crippen LogP contribution in [0, 0.1) is 0 Å². The van der Waals surface area contributed by atoms with Gasteiger partial charge >= 0.3 is 29.6 Å². The molecule has 2 N–H and O–H groups in total. The van der Waals surface area contributed by atoms with Crippen molar-refractivity contribution in [3.63, 3.8) is 0 Å². The molecule has 1 aromatic heterocycles. The number of nitrogens with zero attached hydrogens (tertiary/aromatic N) is 6. The summed E-state index contributed by atoms with van der Waals surface area (Å²) in [4.78, 5) is 48.4. The van der Waals surface area contributed by atoms with Crippen molar-refractivity contribution in [3.05, 3.63) is 11.3 Å². The van der Waals surface area contributed by atoms with E-state index in [0.717, 1.165) is 16.7 Å². The van der Waals surface area contributed by atoms with Crippen LogP contribution in [0.25, 0.3) is 0 Å². The molecule has 15 heteroatoms. The van der Waals surface area contributed by atoms with Crippen molar-refractivity contribution in [2.24, 2.45) is 5.73 Å². The Labute approximate surface area is 183 Å². The van der Waals surface area contributed by atoms with Crippen LogP contribution in [0.2, 0.25) is 0 Å². The number of carbonyl (C=O) groups excluding carboxylic acids is 4. The second-order valence-electron chi connectivity index (χ2n) is 6.02. The predicted molar refractivity (Wildman–Crippen MR) is 81.8 cm³/mol. The first-order valence-corrected chi connectivity index (χ1v) is 8.70. The first kappa shape index (κ1) is 20.7. The van der Waals surface area contributed by atoms with E-state index < -0.39 is 36.0 Å². The molecule has 2 fully saturated rings. The number of primary amides is 1. The molecule has 4 heterocycles. The summed E-state index contributed by atoms with van der Waals surface area (Å²) in [6.45, 7) is -0.353. The van der Waals surface area contributed by atoms with Crippen LogP contribution in [0.5, 0.6) is 0 Å². The zero-order chi connectivity index (χ0) is 19.3. The molecule has 3 aliphatic heterocycles. The molecular formula is C13H12N7NaO6S. The summed E-state index contributed by atoms with van der Waals surface area (Å²) < 4.78 is 6.80. The maximum Gasteiger partial charge on any atom is 1.00 e. The van der Waals surface area contributed by atoms with Gasteiger partial charge in [-0.05, 0) is 16.0 Å². The van der Waals surface area contributed by atoms with Gasteiger partial charge in [0.2, 0.25) is 17.5 Å². The number of carboxylic acids is 1. The number of tetrazole rings is 1. The third-order valence-corrected chi connectivity index (χ3v) is 5.57. The molecule has 0 aliphatic carbocycles. The van der Waals surface area contributed by atoms with E-state index >= 15 is 0 Å². The van der Waals surface area contributed by atoms with Crippen LogP contribution >= 0.6 is 11.8 Å². The van der Waals surface area contributed by atoms with Crippen molar-refractivity contribution in [1.29, 1.82) is 0 Å². The fraction of sp³-hybridized carbons (Fsp3) is 0.462. The van der Waals surface area contributed by atoms with Gasteiger partial charge in [-0.3, -0.25) is 19.3 Å². The Morgan fingerprint density at radius 2 is 2.18 bits per heavy atom. The number of amides is 3. The first-order chi connectivity index (χ1) is 12.9. The molecule has 1 unspecified atom stereocenters. The second kappa shape index (κ2) is 7.79. The normalized spacial score (nSPS) is 25.1. The van der Waals surface area contributed by atoms with E-state index in [9.17, 15) is 24.3 Å². The number of rotatable bonds is 7. The Kier molecular flexibility index (Phi) is 5.77. The third kappa shape index (κ3) is 3.10. The van der Waals surface area contributed by atoms with Gasteiger partial charge in [-0.2, -0.15) is 0 Å². The molecule has 4 rings (SSSR count). The molecule has 0 radical (unpaired) electrons. The van der Waals surface area contributed by atoms with Gasteiger partial charge in [0.25, 0.3) is 5.91 Å². The Bertz CT molecular complexity index is 890. The number of ether oxygens (including phenoxy) is 1.